The average molecular weight is 258 g/mol. The van der Waals surface area contributed by atoms with Crippen molar-refractivity contribution in [2.45, 2.75) is 38.6 Å². The number of hydrogen-bond donors (Lipinski definition) is 2. The van der Waals surface area contributed by atoms with Crippen molar-refractivity contribution in [2.75, 3.05) is 26.2 Å². The van der Waals surface area contributed by atoms with Gasteiger partial charge >= 0.3 is 12.0 Å². The van der Waals surface area contributed by atoms with E-state index in [1.165, 1.54) is 4.90 Å². The summed E-state index contributed by atoms with van der Waals surface area (Å²) >= 11 is 0. The molecule has 1 fully saturated rings. The molecule has 2 amide bonds. The SMILES string of the molecule is CCCN(CC(=O)O)C(=O)N1CCCCC1CO. The fourth-order valence-electron chi connectivity index (χ4n) is 2.30. The number of nitrogens with zero attached hydrogens (tertiary/aromatic N) is 2. The fourth-order valence-corrected chi connectivity index (χ4v) is 2.30. The van der Waals surface area contributed by atoms with Crippen molar-refractivity contribution in [1.29, 1.82) is 0 Å². The topological polar surface area (TPSA) is 81.1 Å². The van der Waals surface area contributed by atoms with Crippen molar-refractivity contribution in [2.24, 2.45) is 0 Å². The number of hydrogen-bond acceptors (Lipinski definition) is 3. The second-order valence-electron chi connectivity index (χ2n) is 4.62. The fraction of sp³-hybridized carbons (Fsp3) is 0.833. The number of likely N-dealkylation sites (tertiary alicyclic amines) is 1. The Balaban J connectivity index is 2.70. The highest BCUT2D eigenvalue weighted by molar-refractivity contribution is 5.80. The van der Waals surface area contributed by atoms with E-state index in [0.29, 0.717) is 13.1 Å². The van der Waals surface area contributed by atoms with Gasteiger partial charge < -0.3 is 20.0 Å². The molecule has 18 heavy (non-hydrogen) atoms. The first-order valence-electron chi connectivity index (χ1n) is 6.48. The Morgan fingerprint density at radius 1 is 1.39 bits per heavy atom. The van der Waals surface area contributed by atoms with E-state index in [4.69, 9.17) is 5.11 Å². The summed E-state index contributed by atoms with van der Waals surface area (Å²) in [5.74, 6) is -1.01. The molecule has 104 valence electrons. The second kappa shape index (κ2) is 7.20. The van der Waals surface area contributed by atoms with Gasteiger partial charge in [0.15, 0.2) is 0 Å². The smallest absolute Gasteiger partial charge is 0.323 e. The summed E-state index contributed by atoms with van der Waals surface area (Å²) in [5.41, 5.74) is 0. The van der Waals surface area contributed by atoms with Gasteiger partial charge in [0.25, 0.3) is 0 Å². The normalized spacial score (nSPS) is 19.7. The van der Waals surface area contributed by atoms with Crippen LogP contribution in [0.25, 0.3) is 0 Å². The van der Waals surface area contributed by atoms with Crippen LogP contribution in [0.3, 0.4) is 0 Å². The van der Waals surface area contributed by atoms with Crippen molar-refractivity contribution in [3.05, 3.63) is 0 Å². The third-order valence-corrected chi connectivity index (χ3v) is 3.17. The number of amides is 2. The number of aliphatic carboxylic acids is 1. The minimum absolute atomic E-state index is 0.0568. The van der Waals surface area contributed by atoms with Gasteiger partial charge in [0, 0.05) is 13.1 Å². The van der Waals surface area contributed by atoms with E-state index in [2.05, 4.69) is 0 Å². The third-order valence-electron chi connectivity index (χ3n) is 3.17. The lowest BCUT2D eigenvalue weighted by Gasteiger charge is -2.37. The Labute approximate surface area is 107 Å². The molecule has 1 saturated heterocycles. The van der Waals surface area contributed by atoms with E-state index in [1.807, 2.05) is 6.92 Å². The molecule has 2 N–H and O–H groups in total. The molecule has 6 nitrogen and oxygen atoms in total. The molecule has 1 heterocycles. The van der Waals surface area contributed by atoms with Crippen molar-refractivity contribution in [3.8, 4) is 0 Å². The number of piperidine rings is 1. The first-order valence-corrected chi connectivity index (χ1v) is 6.48. The minimum atomic E-state index is -1.01. The molecule has 0 aliphatic carbocycles. The molecular formula is C12H22N2O4. The van der Waals surface area contributed by atoms with Gasteiger partial charge in [-0.2, -0.15) is 0 Å². The van der Waals surface area contributed by atoms with Crippen LogP contribution < -0.4 is 0 Å². The molecule has 1 unspecified atom stereocenters. The zero-order valence-electron chi connectivity index (χ0n) is 10.8. The molecule has 0 aromatic heterocycles. The van der Waals surface area contributed by atoms with Crippen LogP contribution in [0.4, 0.5) is 4.79 Å². The summed E-state index contributed by atoms with van der Waals surface area (Å²) in [5, 5.41) is 18.1. The highest BCUT2D eigenvalue weighted by atomic mass is 16.4. The van der Waals surface area contributed by atoms with Gasteiger partial charge in [-0.05, 0) is 25.7 Å². The maximum atomic E-state index is 12.3. The van der Waals surface area contributed by atoms with Gasteiger partial charge in [-0.1, -0.05) is 6.92 Å². The average Bonchev–Trinajstić information content (AvgIpc) is 2.37. The summed E-state index contributed by atoms with van der Waals surface area (Å²) in [7, 11) is 0. The molecule has 1 rings (SSSR count). The van der Waals surface area contributed by atoms with Crippen LogP contribution in [-0.2, 0) is 4.79 Å². The quantitative estimate of drug-likeness (QED) is 0.762. The van der Waals surface area contributed by atoms with Crippen LogP contribution in [-0.4, -0.2) is 64.3 Å². The Morgan fingerprint density at radius 2 is 2.11 bits per heavy atom. The predicted molar refractivity (Wildman–Crippen MR) is 66.3 cm³/mol. The van der Waals surface area contributed by atoms with Crippen LogP contribution in [0, 0.1) is 0 Å². The van der Waals surface area contributed by atoms with Crippen LogP contribution in [0.5, 0.6) is 0 Å². The van der Waals surface area contributed by atoms with Gasteiger partial charge in [-0.3, -0.25) is 4.79 Å². The number of rotatable bonds is 5. The van der Waals surface area contributed by atoms with Gasteiger partial charge in [0.05, 0.1) is 12.6 Å². The molecule has 0 saturated carbocycles. The molecule has 0 aromatic rings. The highest BCUT2D eigenvalue weighted by Crippen LogP contribution is 2.18. The molecule has 1 atom stereocenters. The molecule has 0 radical (unpaired) electrons. The van der Waals surface area contributed by atoms with E-state index in [0.717, 1.165) is 25.7 Å². The molecule has 6 heteroatoms. The lowest BCUT2D eigenvalue weighted by Crippen LogP contribution is -2.52. The van der Waals surface area contributed by atoms with E-state index >= 15 is 0 Å². The third kappa shape index (κ3) is 3.87. The van der Waals surface area contributed by atoms with Gasteiger partial charge in [-0.25, -0.2) is 4.79 Å². The van der Waals surface area contributed by atoms with Crippen molar-refractivity contribution in [1.82, 2.24) is 9.80 Å². The molecule has 1 aliphatic rings. The monoisotopic (exact) mass is 258 g/mol. The Hall–Kier alpha value is -1.30. The van der Waals surface area contributed by atoms with Crippen LogP contribution >= 0.6 is 0 Å². The van der Waals surface area contributed by atoms with E-state index in [-0.39, 0.29) is 25.2 Å². The van der Waals surface area contributed by atoms with Gasteiger partial charge in [0.2, 0.25) is 0 Å². The van der Waals surface area contributed by atoms with Crippen LogP contribution in [0.15, 0.2) is 0 Å². The van der Waals surface area contributed by atoms with Crippen molar-refractivity contribution >= 4 is 12.0 Å². The van der Waals surface area contributed by atoms with E-state index in [1.54, 1.807) is 4.90 Å². The molecular weight excluding hydrogens is 236 g/mol. The van der Waals surface area contributed by atoms with Gasteiger partial charge in [-0.15, -0.1) is 0 Å². The number of aliphatic hydroxyl groups is 1. The van der Waals surface area contributed by atoms with E-state index < -0.39 is 5.97 Å². The summed E-state index contributed by atoms with van der Waals surface area (Å²) in [6, 6.07) is -0.433. The van der Waals surface area contributed by atoms with Crippen LogP contribution in [0.1, 0.15) is 32.6 Å². The number of aliphatic hydroxyl groups excluding tert-OH is 1. The largest absolute Gasteiger partial charge is 0.480 e. The maximum Gasteiger partial charge on any atom is 0.323 e. The van der Waals surface area contributed by atoms with Crippen molar-refractivity contribution in [3.63, 3.8) is 0 Å². The maximum absolute atomic E-state index is 12.3. The lowest BCUT2D eigenvalue weighted by atomic mass is 10.0. The number of carbonyl (C=O) groups excluding carboxylic acids is 1. The zero-order chi connectivity index (χ0) is 13.5. The molecule has 0 spiro atoms. The second-order valence-corrected chi connectivity index (χ2v) is 4.62. The van der Waals surface area contributed by atoms with Crippen LogP contribution in [0.2, 0.25) is 0 Å². The standard InChI is InChI=1S/C12H22N2O4/c1-2-6-13(8-11(16)17)12(18)14-7-4-3-5-10(14)9-15/h10,15H,2-9H2,1H3,(H,16,17). The summed E-state index contributed by atoms with van der Waals surface area (Å²) in [4.78, 5) is 26.0. The molecule has 0 bridgehead atoms. The summed E-state index contributed by atoms with van der Waals surface area (Å²) < 4.78 is 0. The lowest BCUT2D eigenvalue weighted by molar-refractivity contribution is -0.137. The van der Waals surface area contributed by atoms with E-state index in [9.17, 15) is 14.7 Å². The number of urea groups is 1. The highest BCUT2D eigenvalue weighted by Gasteiger charge is 2.29. The minimum Gasteiger partial charge on any atom is -0.480 e. The summed E-state index contributed by atoms with van der Waals surface area (Å²) in [6.07, 6.45) is 3.42. The first-order chi connectivity index (χ1) is 8.60. The van der Waals surface area contributed by atoms with Gasteiger partial charge in [0.1, 0.15) is 6.54 Å². The predicted octanol–water partition coefficient (Wildman–Crippen LogP) is 0.750. The number of carboxylic acid groups (broad SMARTS) is 1. The number of carbonyl (C=O) groups is 2. The Bertz CT molecular complexity index is 296. The van der Waals surface area contributed by atoms with Crippen molar-refractivity contribution < 1.29 is 19.8 Å². The number of carboxylic acids is 1. The first kappa shape index (κ1) is 14.8. The zero-order valence-corrected chi connectivity index (χ0v) is 10.8. The molecule has 0 aromatic carbocycles. The Kier molecular flexibility index (Phi) is 5.91. The summed E-state index contributed by atoms with van der Waals surface area (Å²) in [6.45, 7) is 2.60. The molecule has 1 aliphatic heterocycles. The Morgan fingerprint density at radius 3 is 2.67 bits per heavy atom.